The van der Waals surface area contributed by atoms with Gasteiger partial charge in [0.25, 0.3) is 0 Å². The molecule has 1 aromatic carbocycles. The summed E-state index contributed by atoms with van der Waals surface area (Å²) in [5.74, 6) is -0.617. The molecule has 10 nitrogen and oxygen atoms in total. The smallest absolute Gasteiger partial charge is 0.245 e. The van der Waals surface area contributed by atoms with Gasteiger partial charge in [0.2, 0.25) is 11.8 Å². The summed E-state index contributed by atoms with van der Waals surface area (Å²) in [7, 11) is 0. The standard InChI is InChI=1S/C24H30FN9O/c1-23-9-4-10-24(2,31-23)20(25)18(12-23)34(15-6-7-15)22-26-13-17(27-29-22)16-8-5-14(11-19(16)35)21-28-32-33(3)30-21/h5,8,11,13,15,18,20,31,35H,4,6-7,9-10,12H2,1-3H3/t18-,20-,23-,24+/m0/s1/i3D3,6D2,7D2,15D. The fraction of sp³-hybridized carbons (Fsp3) is 0.583. The van der Waals surface area contributed by atoms with Crippen molar-refractivity contribution in [1.82, 2.24) is 40.7 Å². The lowest BCUT2D eigenvalue weighted by atomic mass is 9.68. The van der Waals surface area contributed by atoms with Crippen LogP contribution in [-0.4, -0.2) is 69.8 Å². The molecular formula is C24H30FN9O. The normalized spacial score (nSPS) is 37.8. The number of hydrogen-bond acceptors (Lipinski definition) is 9. The number of rotatable bonds is 5. The minimum Gasteiger partial charge on any atom is -0.507 e. The summed E-state index contributed by atoms with van der Waals surface area (Å²) < 4.78 is 80.7. The van der Waals surface area contributed by atoms with E-state index in [-0.39, 0.29) is 40.8 Å². The summed E-state index contributed by atoms with van der Waals surface area (Å²) in [6.45, 7) is 1.08. The van der Waals surface area contributed by atoms with Gasteiger partial charge in [0.1, 0.15) is 17.6 Å². The van der Waals surface area contributed by atoms with E-state index in [0.717, 1.165) is 17.7 Å². The molecule has 3 aliphatic rings. The fourth-order valence-corrected chi connectivity index (χ4v) is 5.51. The van der Waals surface area contributed by atoms with E-state index in [0.29, 0.717) is 11.2 Å². The van der Waals surface area contributed by atoms with Crippen LogP contribution in [0.1, 0.15) is 63.2 Å². The van der Waals surface area contributed by atoms with Gasteiger partial charge in [-0.25, -0.2) is 9.37 Å². The Labute approximate surface area is 214 Å². The monoisotopic (exact) mass is 487 g/mol. The number of nitrogens with one attached hydrogen (secondary N) is 1. The van der Waals surface area contributed by atoms with Crippen LogP contribution < -0.4 is 10.2 Å². The van der Waals surface area contributed by atoms with Crippen LogP contribution in [0, 0.1) is 0 Å². The maximum Gasteiger partial charge on any atom is 0.245 e. The number of anilines is 1. The predicted molar refractivity (Wildman–Crippen MR) is 127 cm³/mol. The second-order valence-corrected chi connectivity index (χ2v) is 9.88. The highest BCUT2D eigenvalue weighted by molar-refractivity contribution is 5.71. The number of phenols is 1. The van der Waals surface area contributed by atoms with Crippen molar-refractivity contribution in [1.29, 1.82) is 0 Å². The summed E-state index contributed by atoms with van der Waals surface area (Å²) in [6.07, 6.45) is -3.43. The number of nitrogens with zero attached hydrogens (tertiary/aromatic N) is 8. The lowest BCUT2D eigenvalue weighted by Gasteiger charge is -2.57. The first kappa shape index (κ1) is 15.0. The van der Waals surface area contributed by atoms with E-state index in [1.54, 1.807) is 6.92 Å². The Kier molecular flexibility index (Phi) is 3.39. The van der Waals surface area contributed by atoms with Gasteiger partial charge in [-0.05, 0) is 69.6 Å². The fourth-order valence-electron chi connectivity index (χ4n) is 5.51. The number of alkyl halides is 1. The number of phenolic OH excluding ortho intramolecular Hbond substituents is 1. The van der Waals surface area contributed by atoms with E-state index in [9.17, 15) is 5.11 Å². The van der Waals surface area contributed by atoms with Crippen molar-refractivity contribution >= 4 is 5.95 Å². The van der Waals surface area contributed by atoms with Crippen LogP contribution in [0.2, 0.25) is 0 Å². The Morgan fingerprint density at radius 1 is 1.29 bits per heavy atom. The van der Waals surface area contributed by atoms with Crippen molar-refractivity contribution < 1.29 is 20.5 Å². The second kappa shape index (κ2) is 7.91. The molecule has 2 aliphatic heterocycles. The molecule has 1 saturated carbocycles. The van der Waals surface area contributed by atoms with Crippen LogP contribution in [-0.2, 0) is 6.98 Å². The van der Waals surface area contributed by atoms with Gasteiger partial charge in [-0.15, -0.1) is 20.4 Å². The van der Waals surface area contributed by atoms with E-state index < -0.39 is 49.0 Å². The molecule has 1 aliphatic carbocycles. The SMILES string of the molecule is [2H]C([2H])([2H])n1nnc(-c2ccc(-c3cnc(N([C@H]4C[C@]5(C)CCC[C@@](C)(N5)[C@H]4F)C4([2H])C([2H])([2H])C4([2H])[2H])nn3)c(O)c2)n1. The van der Waals surface area contributed by atoms with Crippen molar-refractivity contribution in [2.75, 3.05) is 4.90 Å². The number of fused-ring (bicyclic) bond motifs is 2. The largest absolute Gasteiger partial charge is 0.507 e. The van der Waals surface area contributed by atoms with Gasteiger partial charge in [0.05, 0.1) is 20.6 Å². The molecule has 3 fully saturated rings. The zero-order chi connectivity index (χ0) is 31.4. The van der Waals surface area contributed by atoms with Crippen LogP contribution in [0.25, 0.3) is 22.6 Å². The van der Waals surface area contributed by atoms with Crippen LogP contribution in [0.4, 0.5) is 10.3 Å². The van der Waals surface area contributed by atoms with Gasteiger partial charge in [-0.3, -0.25) is 0 Å². The number of benzene rings is 1. The first-order valence-electron chi connectivity index (χ1n) is 15.4. The van der Waals surface area contributed by atoms with Crippen LogP contribution in [0.15, 0.2) is 24.4 Å². The number of aromatic hydroxyl groups is 1. The Morgan fingerprint density at radius 2 is 2.14 bits per heavy atom. The molecule has 184 valence electrons. The van der Waals surface area contributed by atoms with Crippen LogP contribution >= 0.6 is 0 Å². The van der Waals surface area contributed by atoms with Crippen LogP contribution in [0.5, 0.6) is 5.75 Å². The molecule has 11 heteroatoms. The lowest BCUT2D eigenvalue weighted by molar-refractivity contribution is 0.0000875. The molecule has 0 radical (unpaired) electrons. The predicted octanol–water partition coefficient (Wildman–Crippen LogP) is 2.80. The Bertz CT molecular complexity index is 1560. The van der Waals surface area contributed by atoms with Crippen molar-refractivity contribution in [3.8, 4) is 28.4 Å². The number of piperidine rings is 2. The molecule has 3 aromatic rings. The third kappa shape index (κ3) is 3.91. The van der Waals surface area contributed by atoms with E-state index >= 15 is 4.39 Å². The first-order valence-corrected chi connectivity index (χ1v) is 11.4. The van der Waals surface area contributed by atoms with E-state index in [1.807, 2.05) is 6.92 Å². The maximum absolute atomic E-state index is 16.3. The van der Waals surface area contributed by atoms with Gasteiger partial charge in [-0.2, -0.15) is 4.80 Å². The second-order valence-electron chi connectivity index (χ2n) is 9.88. The number of tetrazole rings is 1. The highest BCUT2D eigenvalue weighted by Gasteiger charge is 2.56. The highest BCUT2D eigenvalue weighted by Crippen LogP contribution is 2.46. The summed E-state index contributed by atoms with van der Waals surface area (Å²) in [5, 5.41) is 33.4. The average Bonchev–Trinajstić information content (AvgIpc) is 3.29. The Balaban J connectivity index is 1.35. The van der Waals surface area contributed by atoms with Gasteiger partial charge in [0.15, 0.2) is 0 Å². The zero-order valence-corrected chi connectivity index (χ0v) is 19.2. The lowest BCUT2D eigenvalue weighted by Crippen LogP contribution is -2.73. The molecule has 2 bridgehead atoms. The minimum atomic E-state index is -2.65. The number of aryl methyl sites for hydroxylation is 1. The molecule has 2 aromatic heterocycles. The molecule has 4 atom stereocenters. The van der Waals surface area contributed by atoms with Crippen molar-refractivity contribution in [2.45, 2.75) is 81.6 Å². The van der Waals surface area contributed by atoms with E-state index in [2.05, 4.69) is 35.9 Å². The summed E-state index contributed by atoms with van der Waals surface area (Å²) in [5.41, 5.74) is -0.938. The molecule has 4 heterocycles. The van der Waals surface area contributed by atoms with Crippen molar-refractivity contribution in [3.63, 3.8) is 0 Å². The van der Waals surface area contributed by atoms with Crippen molar-refractivity contribution in [2.24, 2.45) is 6.98 Å². The van der Waals surface area contributed by atoms with E-state index in [1.165, 1.54) is 24.4 Å². The molecule has 0 unspecified atom stereocenters. The summed E-state index contributed by atoms with van der Waals surface area (Å²) in [6, 6.07) is 0.624. The highest BCUT2D eigenvalue weighted by atomic mass is 19.1. The molecule has 35 heavy (non-hydrogen) atoms. The first-order chi connectivity index (χ1) is 19.8. The third-order valence-corrected chi connectivity index (χ3v) is 7.14. The maximum atomic E-state index is 16.3. The van der Waals surface area contributed by atoms with Gasteiger partial charge < -0.3 is 15.3 Å². The molecule has 2 saturated heterocycles. The zero-order valence-electron chi connectivity index (χ0n) is 27.2. The van der Waals surface area contributed by atoms with Gasteiger partial charge in [0, 0.05) is 37.8 Å². The number of aromatic nitrogens is 7. The molecule has 2 N–H and O–H groups in total. The van der Waals surface area contributed by atoms with E-state index in [4.69, 9.17) is 11.0 Å². The van der Waals surface area contributed by atoms with Gasteiger partial charge in [-0.1, -0.05) is 6.07 Å². The number of halogens is 1. The Morgan fingerprint density at radius 3 is 2.83 bits per heavy atom. The molecule has 0 spiro atoms. The molecule has 6 rings (SSSR count). The Hall–Kier alpha value is -3.21. The molecule has 0 amide bonds. The summed E-state index contributed by atoms with van der Waals surface area (Å²) >= 11 is 0. The average molecular weight is 488 g/mol. The number of hydrogen-bond donors (Lipinski definition) is 2. The van der Waals surface area contributed by atoms with Crippen LogP contribution in [0.3, 0.4) is 0 Å². The third-order valence-electron chi connectivity index (χ3n) is 7.14. The summed E-state index contributed by atoms with van der Waals surface area (Å²) in [4.78, 5) is 5.80. The van der Waals surface area contributed by atoms with Crippen molar-refractivity contribution in [3.05, 3.63) is 24.4 Å². The minimum absolute atomic E-state index is 0.0307. The molecular weight excluding hydrogens is 449 g/mol. The quantitative estimate of drug-likeness (QED) is 0.560. The topological polar surface area (TPSA) is 118 Å². The van der Waals surface area contributed by atoms with Gasteiger partial charge >= 0.3 is 0 Å².